The molecule has 17 heteroatoms. The van der Waals surface area contributed by atoms with Crippen LogP contribution in [0.4, 0.5) is 0 Å². The molecule has 100 valence electrons. The summed E-state index contributed by atoms with van der Waals surface area (Å²) in [5, 5.41) is 0. The SMILES string of the molecule is O=[As]([O-])([O-])[O-].O=[As]([O-])([O-])[O-].O=[As]([O-])([O-])[O-].[Zn].[Zn]. The number of hydrogen-bond acceptors (Lipinski definition) is 12. The molecule has 12 nitrogen and oxygen atoms in total. The monoisotopic (exact) mass is 545 g/mol. The van der Waals surface area contributed by atoms with Crippen LogP contribution in [0.3, 0.4) is 0 Å². The second kappa shape index (κ2) is 13.0. The van der Waals surface area contributed by atoms with Gasteiger partial charge in [-0.1, -0.05) is 0 Å². The van der Waals surface area contributed by atoms with Crippen molar-refractivity contribution in [2.24, 2.45) is 0 Å². The molecule has 0 atom stereocenters. The fourth-order valence-corrected chi connectivity index (χ4v) is 0. The van der Waals surface area contributed by atoms with Gasteiger partial charge in [0.2, 0.25) is 0 Å². The molecule has 17 heavy (non-hydrogen) atoms. The van der Waals surface area contributed by atoms with Crippen LogP contribution in [-0.2, 0) is 50.2 Å². The molecule has 0 rings (SSSR count). The normalized spacial score (nSPS) is 10.4. The predicted octanol–water partition coefficient (Wildman–Crippen LogP) is -12.2. The number of rotatable bonds is 0. The third-order valence-electron chi connectivity index (χ3n) is 0. The van der Waals surface area contributed by atoms with Gasteiger partial charge in [0.05, 0.1) is 0 Å². The first-order valence-corrected chi connectivity index (χ1v) is 11.4. The van der Waals surface area contributed by atoms with Gasteiger partial charge in [-0.05, 0) is 0 Å². The Labute approximate surface area is 129 Å². The molecule has 0 fully saturated rings. The Balaban J connectivity index is -0.0000000400. The van der Waals surface area contributed by atoms with Gasteiger partial charge in [-0.15, -0.1) is 0 Å². The Hall–Kier alpha value is 1.96. The molecule has 0 aliphatic heterocycles. The molecule has 0 aromatic heterocycles. The Kier molecular flexibility index (Phi) is 23.9. The average Bonchev–Trinajstić information content (AvgIpc) is 1.41. The van der Waals surface area contributed by atoms with E-state index in [1.807, 2.05) is 0 Å². The van der Waals surface area contributed by atoms with Gasteiger partial charge < -0.3 is 0 Å². The van der Waals surface area contributed by atoms with Crippen LogP contribution in [0.25, 0.3) is 0 Å². The smallest absolute Gasteiger partial charge is 0 e. The molecule has 0 aromatic rings. The van der Waals surface area contributed by atoms with E-state index in [-0.39, 0.29) is 39.0 Å². The maximum absolute atomic E-state index is 8.61. The maximum atomic E-state index is 8.61. The van der Waals surface area contributed by atoms with Crippen molar-refractivity contribution in [2.45, 2.75) is 0 Å². The van der Waals surface area contributed by atoms with E-state index in [2.05, 4.69) is 0 Å². The van der Waals surface area contributed by atoms with Gasteiger partial charge in [-0.25, -0.2) is 0 Å². The minimum absolute atomic E-state index is 0. The van der Waals surface area contributed by atoms with Crippen molar-refractivity contribution in [3.63, 3.8) is 0 Å². The van der Waals surface area contributed by atoms with Crippen LogP contribution in [0.2, 0.25) is 0 Å². The molecule has 0 unspecified atom stereocenters. The quantitative estimate of drug-likeness (QED) is 0.256. The van der Waals surface area contributed by atoms with Crippen molar-refractivity contribution in [3.8, 4) is 0 Å². The first-order chi connectivity index (χ1) is 6.00. The Bertz CT molecular complexity index is 206. The van der Waals surface area contributed by atoms with E-state index in [0.717, 1.165) is 0 Å². The molecule has 0 amide bonds. The van der Waals surface area contributed by atoms with Crippen molar-refractivity contribution >= 4 is 43.5 Å². The van der Waals surface area contributed by atoms with Crippen molar-refractivity contribution in [1.29, 1.82) is 0 Å². The summed E-state index contributed by atoms with van der Waals surface area (Å²) in [5.41, 5.74) is 0. The van der Waals surface area contributed by atoms with Gasteiger partial charge in [-0.2, -0.15) is 0 Å². The molecule has 0 aliphatic carbocycles. The Morgan fingerprint density at radius 2 is 0.412 bits per heavy atom. The first-order valence-electron chi connectivity index (χ1n) is 2.19. The molecule has 0 N–H and O–H groups in total. The third kappa shape index (κ3) is 1190. The molecule has 0 aromatic carbocycles. The minimum Gasteiger partial charge on any atom is 0 e. The topological polar surface area (TPSA) is 259 Å². The van der Waals surface area contributed by atoms with E-state index < -0.39 is 43.5 Å². The zero-order valence-corrected chi connectivity index (χ0v) is 19.2. The summed E-state index contributed by atoms with van der Waals surface area (Å²) in [6.45, 7) is 0. The summed E-state index contributed by atoms with van der Waals surface area (Å²) in [6.07, 6.45) is 0. The fraction of sp³-hybridized carbons (Fsp3) is 0. The Morgan fingerprint density at radius 3 is 0.412 bits per heavy atom. The van der Waals surface area contributed by atoms with Crippen LogP contribution in [0, 0.1) is 0 Å². The molecule has 0 radical (unpaired) electrons. The molecular formula is As3O12Zn2-9. The van der Waals surface area contributed by atoms with Gasteiger partial charge in [0.1, 0.15) is 0 Å². The van der Waals surface area contributed by atoms with Gasteiger partial charge >= 0.3 is 91.6 Å². The van der Waals surface area contributed by atoms with Gasteiger partial charge in [0.25, 0.3) is 0 Å². The summed E-state index contributed by atoms with van der Waals surface area (Å²) in [6, 6.07) is 0. The number of hydrogen-bond donors (Lipinski definition) is 0. The first kappa shape index (κ1) is 31.4. The zero-order chi connectivity index (χ0) is 13.5. The van der Waals surface area contributed by atoms with Crippen LogP contribution >= 0.6 is 0 Å². The van der Waals surface area contributed by atoms with Crippen molar-refractivity contribution < 1.29 is 87.0 Å². The third-order valence-corrected chi connectivity index (χ3v) is 0. The van der Waals surface area contributed by atoms with E-state index in [9.17, 15) is 0 Å². The summed E-state index contributed by atoms with van der Waals surface area (Å²) in [7, 11) is 0. The van der Waals surface area contributed by atoms with E-state index in [1.54, 1.807) is 0 Å². The summed E-state index contributed by atoms with van der Waals surface area (Å²) < 4.78 is 103. The fourth-order valence-electron chi connectivity index (χ4n) is 0. The van der Waals surface area contributed by atoms with E-state index in [4.69, 9.17) is 48.1 Å². The zero-order valence-electron chi connectivity index (χ0n) is 7.65. The van der Waals surface area contributed by atoms with E-state index in [0.29, 0.717) is 0 Å². The largest absolute Gasteiger partial charge is 0 e. The minimum atomic E-state index is -5.88. The summed E-state index contributed by atoms with van der Waals surface area (Å²) in [5.74, 6) is 0. The molecule has 0 saturated carbocycles. The van der Waals surface area contributed by atoms with Gasteiger partial charge in [-0.3, -0.25) is 0 Å². The second-order valence-electron chi connectivity index (χ2n) is 1.34. The molecule has 0 spiro atoms. The summed E-state index contributed by atoms with van der Waals surface area (Å²) in [4.78, 5) is 0. The molecule has 0 bridgehead atoms. The van der Waals surface area contributed by atoms with Crippen LogP contribution in [0.1, 0.15) is 0 Å². The van der Waals surface area contributed by atoms with Crippen molar-refractivity contribution in [2.75, 3.05) is 0 Å². The van der Waals surface area contributed by atoms with Gasteiger partial charge in [0.15, 0.2) is 0 Å². The molecule has 0 heterocycles. The maximum Gasteiger partial charge on any atom is 0 e. The van der Waals surface area contributed by atoms with Crippen LogP contribution in [0.5, 0.6) is 0 Å². The van der Waals surface area contributed by atoms with E-state index in [1.165, 1.54) is 0 Å². The molecule has 0 aliphatic rings. The molecule has 0 saturated heterocycles. The van der Waals surface area contributed by atoms with Gasteiger partial charge in [0, 0.05) is 39.0 Å². The van der Waals surface area contributed by atoms with Crippen LogP contribution < -0.4 is 36.9 Å². The average molecular weight is 548 g/mol. The molecular weight excluding hydrogens is 548 g/mol. The Morgan fingerprint density at radius 1 is 0.412 bits per heavy atom. The standard InChI is InChI=1S/3AsH3O4.2Zn/c3*2-1(3,4)5;;/h3*(H3,2,3,4,5);;/p-9. The van der Waals surface area contributed by atoms with Crippen LogP contribution in [-0.4, -0.2) is 43.5 Å². The predicted molar refractivity (Wildman–Crippen MR) is 19.3 cm³/mol. The van der Waals surface area contributed by atoms with Crippen molar-refractivity contribution in [3.05, 3.63) is 0 Å². The van der Waals surface area contributed by atoms with E-state index >= 15 is 0 Å². The van der Waals surface area contributed by atoms with Crippen molar-refractivity contribution in [1.82, 2.24) is 0 Å². The summed E-state index contributed by atoms with van der Waals surface area (Å²) >= 11 is -17.6. The second-order valence-corrected chi connectivity index (χ2v) is 6.97. The van der Waals surface area contributed by atoms with Crippen LogP contribution in [0.15, 0.2) is 0 Å².